The minimum Gasteiger partial charge on any atom is -0.324 e. The summed E-state index contributed by atoms with van der Waals surface area (Å²) in [4.78, 5) is 12.9. The van der Waals surface area contributed by atoms with Gasteiger partial charge in [-0.2, -0.15) is 0 Å². The van der Waals surface area contributed by atoms with Crippen molar-refractivity contribution in [2.75, 3.05) is 15.9 Å². The first kappa shape index (κ1) is 21.5. The monoisotopic (exact) mass is 428 g/mol. The molecule has 0 aromatic heterocycles. The van der Waals surface area contributed by atoms with Crippen LogP contribution in [0.5, 0.6) is 0 Å². The Morgan fingerprint density at radius 1 is 1.11 bits per heavy atom. The molecule has 0 heterocycles. The minimum absolute atomic E-state index is 0.282. The number of hydrogen-bond acceptors (Lipinski definition) is 3. The zero-order valence-electron chi connectivity index (χ0n) is 15.6. The molecule has 8 heteroatoms. The molecule has 0 aliphatic heterocycles. The Bertz CT molecular complexity index is 961. The number of sulfonamides is 1. The van der Waals surface area contributed by atoms with Gasteiger partial charge in [-0.05, 0) is 55.7 Å². The van der Waals surface area contributed by atoms with Gasteiger partial charge in [0.05, 0.1) is 11.9 Å². The lowest BCUT2D eigenvalue weighted by Crippen LogP contribution is -2.47. The van der Waals surface area contributed by atoms with Crippen molar-refractivity contribution in [3.05, 3.63) is 57.6 Å². The van der Waals surface area contributed by atoms with Gasteiger partial charge in [-0.1, -0.05) is 42.3 Å². The van der Waals surface area contributed by atoms with Crippen LogP contribution in [-0.4, -0.2) is 26.6 Å². The molecule has 146 valence electrons. The Balaban J connectivity index is 2.44. The Morgan fingerprint density at radius 2 is 1.74 bits per heavy atom. The van der Waals surface area contributed by atoms with Crippen LogP contribution in [0.15, 0.2) is 36.4 Å². The predicted molar refractivity (Wildman–Crippen MR) is 112 cm³/mol. The van der Waals surface area contributed by atoms with E-state index in [0.29, 0.717) is 27.0 Å². The number of aryl methyl sites for hydroxylation is 2. The van der Waals surface area contributed by atoms with E-state index in [1.54, 1.807) is 50.2 Å². The third kappa shape index (κ3) is 5.15. The fourth-order valence-corrected chi connectivity index (χ4v) is 4.36. The topological polar surface area (TPSA) is 66.5 Å². The summed E-state index contributed by atoms with van der Waals surface area (Å²) >= 11 is 12.2. The first-order valence-corrected chi connectivity index (χ1v) is 11.0. The second-order valence-corrected chi connectivity index (χ2v) is 9.07. The lowest BCUT2D eigenvalue weighted by atomic mass is 10.1. The number of anilines is 2. The number of nitrogens with one attached hydrogen (secondary N) is 1. The van der Waals surface area contributed by atoms with Crippen LogP contribution in [0.3, 0.4) is 0 Å². The molecular weight excluding hydrogens is 407 g/mol. The van der Waals surface area contributed by atoms with Crippen molar-refractivity contribution in [1.29, 1.82) is 0 Å². The maximum atomic E-state index is 12.9. The van der Waals surface area contributed by atoms with E-state index in [4.69, 9.17) is 23.2 Å². The van der Waals surface area contributed by atoms with Crippen molar-refractivity contribution in [2.24, 2.45) is 0 Å². The summed E-state index contributed by atoms with van der Waals surface area (Å²) in [6, 6.07) is 9.16. The van der Waals surface area contributed by atoms with Crippen molar-refractivity contribution < 1.29 is 13.2 Å². The van der Waals surface area contributed by atoms with Crippen LogP contribution >= 0.6 is 23.2 Å². The Hall–Kier alpha value is -1.76. The molecule has 1 atom stereocenters. The van der Waals surface area contributed by atoms with Gasteiger partial charge < -0.3 is 5.32 Å². The van der Waals surface area contributed by atoms with Gasteiger partial charge in [-0.25, -0.2) is 8.42 Å². The zero-order valence-corrected chi connectivity index (χ0v) is 17.9. The van der Waals surface area contributed by atoms with Crippen LogP contribution in [0.1, 0.15) is 24.5 Å². The highest BCUT2D eigenvalue weighted by Gasteiger charge is 2.32. The van der Waals surface area contributed by atoms with E-state index in [2.05, 4.69) is 5.32 Å². The summed E-state index contributed by atoms with van der Waals surface area (Å²) in [6.07, 6.45) is 1.36. The second-order valence-electron chi connectivity index (χ2n) is 6.37. The van der Waals surface area contributed by atoms with Gasteiger partial charge in [-0.3, -0.25) is 9.10 Å². The smallest absolute Gasteiger partial charge is 0.248 e. The van der Waals surface area contributed by atoms with Gasteiger partial charge in [0, 0.05) is 15.7 Å². The van der Waals surface area contributed by atoms with Crippen LogP contribution < -0.4 is 9.62 Å². The largest absolute Gasteiger partial charge is 0.324 e. The molecule has 0 radical (unpaired) electrons. The molecule has 2 rings (SSSR count). The number of hydrogen-bond donors (Lipinski definition) is 1. The quantitative estimate of drug-likeness (QED) is 0.718. The van der Waals surface area contributed by atoms with E-state index in [-0.39, 0.29) is 6.42 Å². The van der Waals surface area contributed by atoms with Crippen molar-refractivity contribution in [1.82, 2.24) is 0 Å². The summed E-state index contributed by atoms with van der Waals surface area (Å²) in [5.41, 5.74) is 2.47. The summed E-state index contributed by atoms with van der Waals surface area (Å²) < 4.78 is 26.2. The number of halogens is 2. The van der Waals surface area contributed by atoms with Crippen LogP contribution in [0.2, 0.25) is 10.0 Å². The molecular formula is C19H22Cl2N2O3S. The molecule has 0 saturated heterocycles. The Kier molecular flexibility index (Phi) is 6.78. The highest BCUT2D eigenvalue weighted by atomic mass is 35.5. The molecule has 0 saturated carbocycles. The highest BCUT2D eigenvalue weighted by Crippen LogP contribution is 2.30. The molecule has 27 heavy (non-hydrogen) atoms. The fraction of sp³-hybridized carbons (Fsp3) is 0.316. The van der Waals surface area contributed by atoms with E-state index in [9.17, 15) is 13.2 Å². The van der Waals surface area contributed by atoms with Gasteiger partial charge in [0.1, 0.15) is 6.04 Å². The molecule has 0 aliphatic rings. The Labute approximate surface area is 170 Å². The number of rotatable bonds is 6. The first-order valence-electron chi connectivity index (χ1n) is 8.37. The average molecular weight is 429 g/mol. The van der Waals surface area contributed by atoms with E-state index in [1.165, 1.54) is 0 Å². The summed E-state index contributed by atoms with van der Waals surface area (Å²) in [5.74, 6) is -0.442. The lowest BCUT2D eigenvalue weighted by Gasteiger charge is -2.31. The van der Waals surface area contributed by atoms with Gasteiger partial charge in [-0.15, -0.1) is 0 Å². The third-order valence-corrected chi connectivity index (χ3v) is 5.99. The average Bonchev–Trinajstić information content (AvgIpc) is 2.57. The summed E-state index contributed by atoms with van der Waals surface area (Å²) in [6.45, 7) is 5.38. The van der Waals surface area contributed by atoms with Gasteiger partial charge in [0.25, 0.3) is 0 Å². The van der Waals surface area contributed by atoms with Gasteiger partial charge in [0.15, 0.2) is 0 Å². The van der Waals surface area contributed by atoms with Crippen molar-refractivity contribution >= 4 is 50.5 Å². The molecule has 0 bridgehead atoms. The van der Waals surface area contributed by atoms with E-state index < -0.39 is 22.0 Å². The SMILES string of the molecule is CC[C@H](C(=O)Nc1ccc(C)c(Cl)c1)N(c1cc(Cl)ccc1C)S(C)(=O)=O. The molecule has 5 nitrogen and oxygen atoms in total. The molecule has 1 amide bonds. The maximum Gasteiger partial charge on any atom is 0.248 e. The molecule has 0 unspecified atom stereocenters. The van der Waals surface area contributed by atoms with Gasteiger partial charge in [0.2, 0.25) is 15.9 Å². The van der Waals surface area contributed by atoms with Crippen LogP contribution in [0.4, 0.5) is 11.4 Å². The molecule has 0 fully saturated rings. The summed E-state index contributed by atoms with van der Waals surface area (Å²) in [5, 5.41) is 3.67. The first-order chi connectivity index (χ1) is 12.5. The summed E-state index contributed by atoms with van der Waals surface area (Å²) in [7, 11) is -3.73. The number of carbonyl (C=O) groups is 1. The Morgan fingerprint density at radius 3 is 2.30 bits per heavy atom. The van der Waals surface area contributed by atoms with E-state index >= 15 is 0 Å². The normalized spacial score (nSPS) is 12.5. The van der Waals surface area contributed by atoms with Crippen molar-refractivity contribution in [3.8, 4) is 0 Å². The molecule has 1 N–H and O–H groups in total. The number of benzene rings is 2. The molecule has 0 spiro atoms. The van der Waals surface area contributed by atoms with Crippen molar-refractivity contribution in [3.63, 3.8) is 0 Å². The second kappa shape index (κ2) is 8.50. The molecule has 0 aliphatic carbocycles. The van der Waals surface area contributed by atoms with Crippen molar-refractivity contribution in [2.45, 2.75) is 33.2 Å². The van der Waals surface area contributed by atoms with E-state index in [0.717, 1.165) is 16.1 Å². The van der Waals surface area contributed by atoms with Crippen LogP contribution in [0.25, 0.3) is 0 Å². The predicted octanol–water partition coefficient (Wildman–Crippen LogP) is 4.79. The highest BCUT2D eigenvalue weighted by molar-refractivity contribution is 7.92. The minimum atomic E-state index is -3.73. The number of amides is 1. The molecule has 2 aromatic carbocycles. The van der Waals surface area contributed by atoms with E-state index in [1.807, 2.05) is 6.92 Å². The van der Waals surface area contributed by atoms with Crippen LogP contribution in [-0.2, 0) is 14.8 Å². The maximum absolute atomic E-state index is 12.9. The fourth-order valence-electron chi connectivity index (χ4n) is 2.75. The zero-order chi connectivity index (χ0) is 20.4. The van der Waals surface area contributed by atoms with Crippen LogP contribution in [0, 0.1) is 13.8 Å². The third-order valence-electron chi connectivity index (χ3n) is 4.18. The van der Waals surface area contributed by atoms with Gasteiger partial charge >= 0.3 is 0 Å². The lowest BCUT2D eigenvalue weighted by molar-refractivity contribution is -0.117. The standard InChI is InChI=1S/C19H22Cl2N2O3S/c1-5-17(19(24)22-15-9-7-12(2)16(21)11-15)23(27(4,25)26)18-10-14(20)8-6-13(18)3/h6-11,17H,5H2,1-4H3,(H,22,24)/t17-/m1/s1. The number of carbonyl (C=O) groups excluding carboxylic acids is 1. The number of nitrogens with zero attached hydrogens (tertiary/aromatic N) is 1. The molecule has 2 aromatic rings.